The predicted molar refractivity (Wildman–Crippen MR) is 52.0 cm³/mol. The number of benzene rings is 1. The van der Waals surface area contributed by atoms with E-state index in [9.17, 15) is 19.6 Å². The zero-order valence-electron chi connectivity index (χ0n) is 7.04. The van der Waals surface area contributed by atoms with Crippen LogP contribution in [-0.2, 0) is 0 Å². The molecule has 0 saturated carbocycles. The highest BCUT2D eigenvalue weighted by Crippen LogP contribution is 2.39. The number of halogens is 2. The van der Waals surface area contributed by atoms with Gasteiger partial charge < -0.3 is 10.4 Å². The lowest BCUT2D eigenvalue weighted by Gasteiger charge is -2.06. The van der Waals surface area contributed by atoms with E-state index in [0.29, 0.717) is 0 Å². The maximum absolute atomic E-state index is 13.3. The van der Waals surface area contributed by atoms with Crippen LogP contribution < -0.4 is 5.32 Å². The smallest absolute Gasteiger partial charge is 0.336 e. The molecule has 0 aliphatic carbocycles. The Morgan fingerprint density at radius 2 is 2.29 bits per heavy atom. The number of aromatic hydroxyl groups is 1. The molecule has 0 saturated heterocycles. The van der Waals surface area contributed by atoms with Gasteiger partial charge in [-0.05, 0) is 15.9 Å². The van der Waals surface area contributed by atoms with Crippen LogP contribution in [0.4, 0.5) is 15.8 Å². The van der Waals surface area contributed by atoms with Gasteiger partial charge in [0.25, 0.3) is 0 Å². The van der Waals surface area contributed by atoms with Gasteiger partial charge in [0, 0.05) is 13.1 Å². The highest BCUT2D eigenvalue weighted by Gasteiger charge is 2.25. The lowest BCUT2D eigenvalue weighted by atomic mass is 10.2. The summed E-state index contributed by atoms with van der Waals surface area (Å²) in [5.74, 6) is -1.40. The Hall–Kier alpha value is -1.37. The first-order valence-electron chi connectivity index (χ1n) is 3.52. The van der Waals surface area contributed by atoms with Crippen LogP contribution in [0.2, 0.25) is 0 Å². The van der Waals surface area contributed by atoms with Gasteiger partial charge in [0.2, 0.25) is 0 Å². The first-order valence-corrected chi connectivity index (χ1v) is 4.31. The average molecular weight is 265 g/mol. The molecular weight excluding hydrogens is 259 g/mol. The number of nitrogens with one attached hydrogen (secondary N) is 1. The number of nitro benzene ring substituents is 1. The van der Waals surface area contributed by atoms with Crippen LogP contribution in [0.5, 0.6) is 5.75 Å². The lowest BCUT2D eigenvalue weighted by molar-refractivity contribution is -0.385. The molecule has 0 aliphatic rings. The van der Waals surface area contributed by atoms with E-state index in [2.05, 4.69) is 21.2 Å². The molecule has 7 heteroatoms. The third-order valence-electron chi connectivity index (χ3n) is 1.60. The summed E-state index contributed by atoms with van der Waals surface area (Å²) in [5, 5.41) is 22.0. The molecule has 5 nitrogen and oxygen atoms in total. The molecule has 14 heavy (non-hydrogen) atoms. The average Bonchev–Trinajstić information content (AvgIpc) is 2.09. The number of phenols is 1. The molecule has 0 atom stereocenters. The van der Waals surface area contributed by atoms with Crippen molar-refractivity contribution in [2.75, 3.05) is 12.4 Å². The van der Waals surface area contributed by atoms with E-state index in [0.717, 1.165) is 6.07 Å². The van der Waals surface area contributed by atoms with E-state index >= 15 is 0 Å². The zero-order valence-corrected chi connectivity index (χ0v) is 8.63. The van der Waals surface area contributed by atoms with Crippen molar-refractivity contribution in [3.05, 3.63) is 26.5 Å². The van der Waals surface area contributed by atoms with E-state index in [-0.39, 0.29) is 10.2 Å². The van der Waals surface area contributed by atoms with Crippen LogP contribution in [0.25, 0.3) is 0 Å². The van der Waals surface area contributed by atoms with Crippen molar-refractivity contribution in [1.29, 1.82) is 0 Å². The van der Waals surface area contributed by atoms with Gasteiger partial charge in [-0.1, -0.05) is 0 Å². The summed E-state index contributed by atoms with van der Waals surface area (Å²) in [5.41, 5.74) is -1.02. The fourth-order valence-corrected chi connectivity index (χ4v) is 1.43. The minimum absolute atomic E-state index is 0.0371. The molecule has 0 aliphatic heterocycles. The Bertz CT molecular complexity index is 397. The summed E-state index contributed by atoms with van der Waals surface area (Å²) in [7, 11) is 1.33. The Morgan fingerprint density at radius 1 is 1.71 bits per heavy atom. The van der Waals surface area contributed by atoms with Gasteiger partial charge in [-0.15, -0.1) is 0 Å². The fraction of sp³-hybridized carbons (Fsp3) is 0.143. The molecule has 1 aromatic carbocycles. The molecule has 1 rings (SSSR count). The highest BCUT2D eigenvalue weighted by molar-refractivity contribution is 9.10. The molecule has 0 heterocycles. The molecule has 76 valence electrons. The molecule has 0 spiro atoms. The Morgan fingerprint density at radius 3 is 2.71 bits per heavy atom. The standard InChI is InChI=1S/C7H6BrFN2O3/c1-10-6-5(9)3(8)2-4(12)7(6)11(13)14/h2,10,12H,1H3. The normalized spacial score (nSPS) is 9.93. The van der Waals surface area contributed by atoms with Crippen LogP contribution in [0, 0.1) is 15.9 Å². The van der Waals surface area contributed by atoms with Crippen molar-refractivity contribution < 1.29 is 14.4 Å². The lowest BCUT2D eigenvalue weighted by Crippen LogP contribution is -2.00. The van der Waals surface area contributed by atoms with Gasteiger partial charge in [0.05, 0.1) is 9.40 Å². The topological polar surface area (TPSA) is 75.4 Å². The number of anilines is 1. The van der Waals surface area contributed by atoms with Gasteiger partial charge in [0.15, 0.2) is 17.3 Å². The first kappa shape index (κ1) is 10.7. The number of hydrogen-bond acceptors (Lipinski definition) is 4. The fourth-order valence-electron chi connectivity index (χ4n) is 1.02. The molecule has 0 bridgehead atoms. The quantitative estimate of drug-likeness (QED) is 0.635. The van der Waals surface area contributed by atoms with E-state index < -0.39 is 22.2 Å². The largest absolute Gasteiger partial charge is 0.502 e. The van der Waals surface area contributed by atoms with Gasteiger partial charge >= 0.3 is 5.69 Å². The van der Waals surface area contributed by atoms with Gasteiger partial charge in [0.1, 0.15) is 0 Å². The monoisotopic (exact) mass is 264 g/mol. The second kappa shape index (κ2) is 3.79. The van der Waals surface area contributed by atoms with Crippen LogP contribution >= 0.6 is 15.9 Å². The maximum Gasteiger partial charge on any atom is 0.336 e. The second-order valence-corrected chi connectivity index (χ2v) is 3.28. The number of phenolic OH excluding ortho intramolecular Hbond substituents is 1. The molecule has 0 amide bonds. The van der Waals surface area contributed by atoms with Gasteiger partial charge in [-0.2, -0.15) is 0 Å². The zero-order chi connectivity index (χ0) is 10.9. The molecule has 1 aromatic rings. The summed E-state index contributed by atoms with van der Waals surface area (Å²) in [4.78, 5) is 9.64. The molecular formula is C7H6BrFN2O3. The summed E-state index contributed by atoms with van der Waals surface area (Å²) in [6.45, 7) is 0. The van der Waals surface area contributed by atoms with Crippen molar-refractivity contribution in [3.8, 4) is 5.75 Å². The van der Waals surface area contributed by atoms with E-state index in [1.807, 2.05) is 0 Å². The number of nitro groups is 1. The van der Waals surface area contributed by atoms with Crippen LogP contribution in [0.3, 0.4) is 0 Å². The van der Waals surface area contributed by atoms with Crippen molar-refractivity contribution >= 4 is 27.3 Å². The van der Waals surface area contributed by atoms with E-state index in [4.69, 9.17) is 0 Å². The molecule has 0 unspecified atom stereocenters. The second-order valence-electron chi connectivity index (χ2n) is 2.42. The third-order valence-corrected chi connectivity index (χ3v) is 2.18. The Kier molecular flexibility index (Phi) is 2.90. The van der Waals surface area contributed by atoms with Gasteiger partial charge in [-0.3, -0.25) is 10.1 Å². The minimum Gasteiger partial charge on any atom is -0.502 e. The number of rotatable bonds is 2. The Balaban J connectivity index is 3.55. The summed E-state index contributed by atoms with van der Waals surface area (Å²) < 4.78 is 13.2. The predicted octanol–water partition coefficient (Wildman–Crippen LogP) is 2.24. The van der Waals surface area contributed by atoms with Crippen molar-refractivity contribution in [2.45, 2.75) is 0 Å². The summed E-state index contributed by atoms with van der Waals surface area (Å²) in [6.07, 6.45) is 0. The van der Waals surface area contributed by atoms with Crippen LogP contribution in [0.1, 0.15) is 0 Å². The number of nitrogens with zero attached hydrogens (tertiary/aromatic N) is 1. The first-order chi connectivity index (χ1) is 6.49. The molecule has 2 N–H and O–H groups in total. The summed E-state index contributed by atoms with van der Waals surface area (Å²) in [6, 6.07) is 0.939. The molecule has 0 aromatic heterocycles. The molecule has 0 fully saturated rings. The third kappa shape index (κ3) is 1.63. The number of hydrogen-bond donors (Lipinski definition) is 2. The van der Waals surface area contributed by atoms with Crippen molar-refractivity contribution in [3.63, 3.8) is 0 Å². The van der Waals surface area contributed by atoms with Crippen LogP contribution in [-0.4, -0.2) is 17.1 Å². The van der Waals surface area contributed by atoms with Crippen molar-refractivity contribution in [2.24, 2.45) is 0 Å². The van der Waals surface area contributed by atoms with E-state index in [1.165, 1.54) is 7.05 Å². The SMILES string of the molecule is CNc1c(F)c(Br)cc(O)c1[N+](=O)[O-]. The Labute approximate surface area is 86.8 Å². The molecule has 0 radical (unpaired) electrons. The maximum atomic E-state index is 13.3. The minimum atomic E-state index is -0.851. The van der Waals surface area contributed by atoms with Gasteiger partial charge in [-0.25, -0.2) is 4.39 Å². The van der Waals surface area contributed by atoms with Crippen LogP contribution in [0.15, 0.2) is 10.5 Å². The highest BCUT2D eigenvalue weighted by atomic mass is 79.9. The van der Waals surface area contributed by atoms with E-state index in [1.54, 1.807) is 0 Å². The summed E-state index contributed by atoms with van der Waals surface area (Å²) >= 11 is 2.82. The van der Waals surface area contributed by atoms with Crippen molar-refractivity contribution in [1.82, 2.24) is 0 Å².